The minimum atomic E-state index is -0.657. The van der Waals surface area contributed by atoms with Gasteiger partial charge >= 0.3 is 42.1 Å². The van der Waals surface area contributed by atoms with E-state index in [9.17, 15) is 4.79 Å². The van der Waals surface area contributed by atoms with Gasteiger partial charge in [0.25, 0.3) is 0 Å². The predicted octanol–water partition coefficient (Wildman–Crippen LogP) is 3.66. The van der Waals surface area contributed by atoms with Crippen LogP contribution in [0.25, 0.3) is 0 Å². The Morgan fingerprint density at radius 2 is 1.71 bits per heavy atom. The summed E-state index contributed by atoms with van der Waals surface area (Å²) in [4.78, 5) is 10.4. The molecule has 1 unspecified atom stereocenters. The third-order valence-electron chi connectivity index (χ3n) is 1.75. The van der Waals surface area contributed by atoms with Crippen LogP contribution >= 0.6 is 0 Å². The summed E-state index contributed by atoms with van der Waals surface area (Å²) < 4.78 is 7.14. The molecule has 0 rings (SSSR count). The first kappa shape index (κ1) is 16.8. The molecule has 1 atom stereocenters. The Hall–Kier alpha value is 0.392. The van der Waals surface area contributed by atoms with Gasteiger partial charge in [-0.3, -0.25) is 4.79 Å². The van der Waals surface area contributed by atoms with E-state index in [0.717, 1.165) is 25.7 Å². The van der Waals surface area contributed by atoms with Crippen molar-refractivity contribution < 1.29 is 9.90 Å². The molecule has 3 heteroatoms. The van der Waals surface area contributed by atoms with E-state index in [-0.39, 0.29) is 5.92 Å². The number of hydrogen-bond acceptors (Lipinski definition) is 1. The van der Waals surface area contributed by atoms with E-state index in [1.165, 1.54) is 0 Å². The van der Waals surface area contributed by atoms with Gasteiger partial charge in [-0.15, -0.1) is 0 Å². The number of carboxylic acids is 1. The van der Waals surface area contributed by atoms with Gasteiger partial charge in [0.05, 0.1) is 5.92 Å². The molecule has 0 aliphatic rings. The number of carbonyl (C=O) groups is 1. The number of carboxylic acid groups (broad SMARTS) is 1. The fourth-order valence-corrected chi connectivity index (χ4v) is 0.953. The predicted molar refractivity (Wildman–Crippen MR) is 64.3 cm³/mol. The first-order valence-corrected chi connectivity index (χ1v) is 17.1. The Bertz CT molecular complexity index is 132. The second kappa shape index (κ2) is 11.5. The second-order valence-electron chi connectivity index (χ2n) is 4.09. The SMILES string of the molecule is CCCCC(CC)C(=O)O.[CH3][Pb]([CH3])[CH3]. The quantitative estimate of drug-likeness (QED) is 0.720. The van der Waals surface area contributed by atoms with Crippen LogP contribution in [0.15, 0.2) is 0 Å². The first-order valence-electron chi connectivity index (χ1n) is 5.45. The van der Waals surface area contributed by atoms with E-state index in [1.807, 2.05) is 6.92 Å². The molecule has 0 aliphatic heterocycles. The molecule has 0 spiro atoms. The number of rotatable bonds is 5. The molecule has 0 aliphatic carbocycles. The zero-order valence-corrected chi connectivity index (χ0v) is 14.1. The van der Waals surface area contributed by atoms with Crippen molar-refractivity contribution in [3.8, 4) is 0 Å². The van der Waals surface area contributed by atoms with Gasteiger partial charge < -0.3 is 5.11 Å². The van der Waals surface area contributed by atoms with Crippen molar-refractivity contribution in [3.63, 3.8) is 0 Å². The molecule has 0 saturated carbocycles. The van der Waals surface area contributed by atoms with Crippen molar-refractivity contribution in [1.82, 2.24) is 0 Å². The van der Waals surface area contributed by atoms with E-state index in [4.69, 9.17) is 5.11 Å². The average molecular weight is 397 g/mol. The van der Waals surface area contributed by atoms with Crippen LogP contribution in [0.5, 0.6) is 0 Å². The fraction of sp³-hybridized carbons (Fsp3) is 0.909. The summed E-state index contributed by atoms with van der Waals surface area (Å²) in [6, 6.07) is 0. The van der Waals surface area contributed by atoms with Crippen LogP contribution in [0, 0.1) is 5.92 Å². The van der Waals surface area contributed by atoms with E-state index in [0.29, 0.717) is 0 Å². The minimum absolute atomic E-state index is 0.111. The summed E-state index contributed by atoms with van der Waals surface area (Å²) in [5, 5.41) is 8.60. The summed E-state index contributed by atoms with van der Waals surface area (Å²) in [5.74, 6) is -0.754. The molecule has 1 N–H and O–H groups in total. The Balaban J connectivity index is 0. The van der Waals surface area contributed by atoms with E-state index in [2.05, 4.69) is 20.4 Å². The Labute approximate surface area is 97.2 Å². The monoisotopic (exact) mass is 397 g/mol. The molecule has 0 saturated heterocycles. The number of aliphatic carboxylic acids is 1. The van der Waals surface area contributed by atoms with Gasteiger partial charge in [0.2, 0.25) is 0 Å². The van der Waals surface area contributed by atoms with Gasteiger partial charge in [0, 0.05) is 0 Å². The van der Waals surface area contributed by atoms with Gasteiger partial charge in [-0.25, -0.2) is 0 Å². The van der Waals surface area contributed by atoms with Gasteiger partial charge in [0.1, 0.15) is 0 Å². The van der Waals surface area contributed by atoms with Crippen LogP contribution in [0.1, 0.15) is 39.5 Å². The first-order chi connectivity index (χ1) is 6.45. The van der Waals surface area contributed by atoms with Crippen molar-refractivity contribution in [1.29, 1.82) is 0 Å². The summed E-state index contributed by atoms with van der Waals surface area (Å²) >= 11 is -0.657. The number of unbranched alkanes of at least 4 members (excludes halogenated alkanes) is 1. The van der Waals surface area contributed by atoms with Crippen LogP contribution in [0.4, 0.5) is 0 Å². The van der Waals surface area contributed by atoms with Crippen LogP contribution in [0.3, 0.4) is 0 Å². The number of hydrogen-bond donors (Lipinski definition) is 1. The van der Waals surface area contributed by atoms with Crippen molar-refractivity contribution in [2.24, 2.45) is 5.92 Å². The summed E-state index contributed by atoms with van der Waals surface area (Å²) in [6.07, 6.45) is 3.71. The maximum atomic E-state index is 10.4. The summed E-state index contributed by atoms with van der Waals surface area (Å²) in [5.41, 5.74) is 0. The van der Waals surface area contributed by atoms with Crippen molar-refractivity contribution in [2.75, 3.05) is 0 Å². The molecule has 0 bridgehead atoms. The molecule has 0 aromatic carbocycles. The Kier molecular flexibility index (Phi) is 13.8. The molecule has 0 aromatic heterocycles. The van der Waals surface area contributed by atoms with Crippen molar-refractivity contribution in [2.45, 2.75) is 53.0 Å². The van der Waals surface area contributed by atoms with Gasteiger partial charge in [-0.05, 0) is 12.8 Å². The van der Waals surface area contributed by atoms with Gasteiger partial charge in [-0.2, -0.15) is 0 Å². The molecule has 0 fully saturated rings. The molecular formula is C11H25O2Pb. The molecule has 0 amide bonds. The van der Waals surface area contributed by atoms with Gasteiger partial charge in [0.15, 0.2) is 0 Å². The van der Waals surface area contributed by atoms with Crippen LogP contribution in [-0.2, 0) is 4.79 Å². The molecule has 85 valence electrons. The average Bonchev–Trinajstić information content (AvgIpc) is 2.04. The zero-order chi connectivity index (χ0) is 11.6. The van der Waals surface area contributed by atoms with Crippen LogP contribution in [-0.4, -0.2) is 33.8 Å². The van der Waals surface area contributed by atoms with Gasteiger partial charge in [-0.1, -0.05) is 26.7 Å². The Morgan fingerprint density at radius 3 is 1.93 bits per heavy atom. The van der Waals surface area contributed by atoms with Crippen molar-refractivity contribution >= 4 is 28.7 Å². The molecular weight excluding hydrogens is 371 g/mol. The zero-order valence-electron chi connectivity index (χ0n) is 10.3. The standard InChI is InChI=1S/C8H16O2.3CH3.Pb/c1-3-5-6-7(4-2)8(9)10;;;;/h7H,3-6H2,1-2H3,(H,9,10);3*1H3;. The summed E-state index contributed by atoms with van der Waals surface area (Å²) in [6.45, 7) is 4.00. The molecule has 0 heterocycles. The fourth-order valence-electron chi connectivity index (χ4n) is 0.953. The molecule has 14 heavy (non-hydrogen) atoms. The second-order valence-corrected chi connectivity index (χ2v) is 15.7. The topological polar surface area (TPSA) is 37.3 Å². The van der Waals surface area contributed by atoms with Crippen LogP contribution < -0.4 is 0 Å². The third-order valence-corrected chi connectivity index (χ3v) is 1.75. The van der Waals surface area contributed by atoms with E-state index in [1.54, 1.807) is 0 Å². The maximum absolute atomic E-state index is 10.4. The summed E-state index contributed by atoms with van der Waals surface area (Å²) in [7, 11) is 0. The van der Waals surface area contributed by atoms with E-state index < -0.39 is 28.7 Å². The van der Waals surface area contributed by atoms with E-state index >= 15 is 0 Å². The molecule has 2 nitrogen and oxygen atoms in total. The third kappa shape index (κ3) is 14.9. The van der Waals surface area contributed by atoms with Crippen molar-refractivity contribution in [3.05, 3.63) is 0 Å². The molecule has 1 radical (unpaired) electrons. The van der Waals surface area contributed by atoms with Crippen LogP contribution in [0.2, 0.25) is 13.4 Å². The molecule has 0 aromatic rings. The Morgan fingerprint density at radius 1 is 1.29 bits per heavy atom. The normalized spacial score (nSPS) is 11.9.